The SMILES string of the molecule is CC1(C(=O)NCc2cccnc2-n2cnc3ccccc32)CCC1. The molecule has 3 aromatic rings. The van der Waals surface area contributed by atoms with Gasteiger partial charge in [0, 0.05) is 23.7 Å². The van der Waals surface area contributed by atoms with Crippen LogP contribution in [0.25, 0.3) is 16.9 Å². The van der Waals surface area contributed by atoms with Gasteiger partial charge in [0.1, 0.15) is 12.1 Å². The number of para-hydroxylation sites is 2. The third-order valence-corrected chi connectivity index (χ3v) is 4.99. The summed E-state index contributed by atoms with van der Waals surface area (Å²) >= 11 is 0. The summed E-state index contributed by atoms with van der Waals surface area (Å²) in [6, 6.07) is 11.9. The minimum Gasteiger partial charge on any atom is -0.351 e. The maximum atomic E-state index is 12.4. The van der Waals surface area contributed by atoms with Crippen molar-refractivity contribution in [3.05, 3.63) is 54.5 Å². The van der Waals surface area contributed by atoms with Gasteiger partial charge in [0.2, 0.25) is 5.91 Å². The van der Waals surface area contributed by atoms with Gasteiger partial charge in [-0.3, -0.25) is 9.36 Å². The Morgan fingerprint density at radius 3 is 2.83 bits per heavy atom. The molecule has 2 heterocycles. The van der Waals surface area contributed by atoms with Crippen LogP contribution < -0.4 is 5.32 Å². The first-order valence-electron chi connectivity index (χ1n) is 8.32. The Hall–Kier alpha value is -2.69. The van der Waals surface area contributed by atoms with Gasteiger partial charge in [-0.05, 0) is 31.0 Å². The molecule has 0 atom stereocenters. The Morgan fingerprint density at radius 1 is 1.21 bits per heavy atom. The highest BCUT2D eigenvalue weighted by Crippen LogP contribution is 2.40. The number of hydrogen-bond acceptors (Lipinski definition) is 3. The van der Waals surface area contributed by atoms with Crippen molar-refractivity contribution in [3.8, 4) is 5.82 Å². The molecule has 0 radical (unpaired) electrons. The molecular formula is C19H20N4O. The molecule has 0 unspecified atom stereocenters. The van der Waals surface area contributed by atoms with Crippen LogP contribution in [0.2, 0.25) is 0 Å². The summed E-state index contributed by atoms with van der Waals surface area (Å²) in [6.07, 6.45) is 6.65. The van der Waals surface area contributed by atoms with Crippen molar-refractivity contribution >= 4 is 16.9 Å². The Bertz CT molecular complexity index is 895. The molecule has 1 aliphatic carbocycles. The number of nitrogens with zero attached hydrogens (tertiary/aromatic N) is 3. The molecule has 0 spiro atoms. The molecule has 5 heteroatoms. The number of imidazole rings is 1. The fourth-order valence-electron chi connectivity index (χ4n) is 3.24. The largest absolute Gasteiger partial charge is 0.351 e. The van der Waals surface area contributed by atoms with Gasteiger partial charge >= 0.3 is 0 Å². The summed E-state index contributed by atoms with van der Waals surface area (Å²) in [6.45, 7) is 2.52. The van der Waals surface area contributed by atoms with Crippen LogP contribution in [0.15, 0.2) is 48.9 Å². The van der Waals surface area contributed by atoms with Gasteiger partial charge in [0.25, 0.3) is 0 Å². The van der Waals surface area contributed by atoms with Crippen molar-refractivity contribution < 1.29 is 4.79 Å². The van der Waals surface area contributed by atoms with Crippen LogP contribution in [0.4, 0.5) is 0 Å². The maximum Gasteiger partial charge on any atom is 0.226 e. The highest BCUT2D eigenvalue weighted by molar-refractivity contribution is 5.83. The molecule has 24 heavy (non-hydrogen) atoms. The summed E-state index contributed by atoms with van der Waals surface area (Å²) < 4.78 is 1.97. The van der Waals surface area contributed by atoms with Crippen molar-refractivity contribution in [2.75, 3.05) is 0 Å². The summed E-state index contributed by atoms with van der Waals surface area (Å²) in [4.78, 5) is 21.3. The first kappa shape index (κ1) is 14.9. The van der Waals surface area contributed by atoms with Crippen LogP contribution in [0.3, 0.4) is 0 Å². The maximum absolute atomic E-state index is 12.4. The molecule has 4 rings (SSSR count). The number of pyridine rings is 1. The zero-order chi connectivity index (χ0) is 16.6. The van der Waals surface area contributed by atoms with E-state index in [4.69, 9.17) is 0 Å². The molecule has 1 aliphatic rings. The van der Waals surface area contributed by atoms with E-state index >= 15 is 0 Å². The topological polar surface area (TPSA) is 59.8 Å². The molecule has 122 valence electrons. The number of hydrogen-bond donors (Lipinski definition) is 1. The van der Waals surface area contributed by atoms with E-state index in [0.717, 1.165) is 41.7 Å². The molecule has 1 N–H and O–H groups in total. The third-order valence-electron chi connectivity index (χ3n) is 4.99. The van der Waals surface area contributed by atoms with Gasteiger partial charge < -0.3 is 5.32 Å². The predicted molar refractivity (Wildman–Crippen MR) is 92.7 cm³/mol. The molecular weight excluding hydrogens is 300 g/mol. The number of carbonyl (C=O) groups excluding carboxylic acids is 1. The molecule has 5 nitrogen and oxygen atoms in total. The first-order chi connectivity index (χ1) is 11.7. The van der Waals surface area contributed by atoms with Gasteiger partial charge in [-0.2, -0.15) is 0 Å². The third kappa shape index (κ3) is 2.46. The van der Waals surface area contributed by atoms with E-state index in [-0.39, 0.29) is 11.3 Å². The molecule has 2 aromatic heterocycles. The molecule has 0 aliphatic heterocycles. The Morgan fingerprint density at radius 2 is 2.04 bits per heavy atom. The van der Waals surface area contributed by atoms with E-state index in [0.29, 0.717) is 6.54 Å². The summed E-state index contributed by atoms with van der Waals surface area (Å²) in [7, 11) is 0. The summed E-state index contributed by atoms with van der Waals surface area (Å²) in [5.74, 6) is 0.948. The average Bonchev–Trinajstić information content (AvgIpc) is 3.01. The van der Waals surface area contributed by atoms with E-state index in [1.54, 1.807) is 12.5 Å². The smallest absolute Gasteiger partial charge is 0.226 e. The number of rotatable bonds is 4. The van der Waals surface area contributed by atoms with Crippen molar-refractivity contribution in [1.29, 1.82) is 0 Å². The number of aromatic nitrogens is 3. The molecule has 1 saturated carbocycles. The Labute approximate surface area is 140 Å². The van der Waals surface area contributed by atoms with Crippen molar-refractivity contribution in [2.24, 2.45) is 5.41 Å². The Balaban J connectivity index is 1.62. The van der Waals surface area contributed by atoms with Crippen LogP contribution in [0, 0.1) is 5.41 Å². The molecule has 0 saturated heterocycles. The van der Waals surface area contributed by atoms with Gasteiger partial charge in [0.05, 0.1) is 11.0 Å². The van der Waals surface area contributed by atoms with E-state index in [2.05, 4.69) is 15.3 Å². The van der Waals surface area contributed by atoms with Crippen LogP contribution in [-0.2, 0) is 11.3 Å². The number of nitrogens with one attached hydrogen (secondary N) is 1. The monoisotopic (exact) mass is 320 g/mol. The van der Waals surface area contributed by atoms with Crippen LogP contribution in [0.1, 0.15) is 31.7 Å². The van der Waals surface area contributed by atoms with Gasteiger partial charge in [0.15, 0.2) is 0 Å². The number of amides is 1. The van der Waals surface area contributed by atoms with Gasteiger partial charge in [-0.25, -0.2) is 9.97 Å². The molecule has 0 bridgehead atoms. The molecule has 1 amide bonds. The first-order valence-corrected chi connectivity index (χ1v) is 8.32. The number of fused-ring (bicyclic) bond motifs is 1. The van der Waals surface area contributed by atoms with Crippen molar-refractivity contribution in [2.45, 2.75) is 32.7 Å². The molecule has 1 fully saturated rings. The predicted octanol–water partition coefficient (Wildman–Crippen LogP) is 3.23. The number of benzene rings is 1. The zero-order valence-electron chi connectivity index (χ0n) is 13.7. The second-order valence-electron chi connectivity index (χ2n) is 6.69. The highest BCUT2D eigenvalue weighted by atomic mass is 16.2. The minimum atomic E-state index is -0.190. The Kier molecular flexibility index (Phi) is 3.56. The fourth-order valence-corrected chi connectivity index (χ4v) is 3.24. The van der Waals surface area contributed by atoms with Crippen LogP contribution >= 0.6 is 0 Å². The lowest BCUT2D eigenvalue weighted by Gasteiger charge is -2.36. The minimum absolute atomic E-state index is 0.138. The van der Waals surface area contributed by atoms with Gasteiger partial charge in [-0.1, -0.05) is 31.5 Å². The fraction of sp³-hybridized carbons (Fsp3) is 0.316. The normalized spacial score (nSPS) is 15.9. The second-order valence-corrected chi connectivity index (χ2v) is 6.69. The molecule has 1 aromatic carbocycles. The highest BCUT2D eigenvalue weighted by Gasteiger charge is 2.38. The average molecular weight is 320 g/mol. The lowest BCUT2D eigenvalue weighted by molar-refractivity contribution is -0.134. The standard InChI is InChI=1S/C19H20N4O/c1-19(9-5-10-19)18(24)21-12-14-6-4-11-20-17(14)23-13-22-15-7-2-3-8-16(15)23/h2-4,6-8,11,13H,5,9-10,12H2,1H3,(H,21,24). The van der Waals surface area contributed by atoms with E-state index < -0.39 is 0 Å². The quantitative estimate of drug-likeness (QED) is 0.803. The van der Waals surface area contributed by atoms with E-state index in [1.807, 2.05) is 47.9 Å². The van der Waals surface area contributed by atoms with Crippen molar-refractivity contribution in [3.63, 3.8) is 0 Å². The summed E-state index contributed by atoms with van der Waals surface area (Å²) in [5.41, 5.74) is 2.73. The second kappa shape index (κ2) is 5.74. The zero-order valence-corrected chi connectivity index (χ0v) is 13.7. The van der Waals surface area contributed by atoms with Crippen LogP contribution in [0.5, 0.6) is 0 Å². The lowest BCUT2D eigenvalue weighted by Crippen LogP contribution is -2.43. The van der Waals surface area contributed by atoms with Crippen molar-refractivity contribution in [1.82, 2.24) is 19.9 Å². The van der Waals surface area contributed by atoms with Crippen LogP contribution in [-0.4, -0.2) is 20.4 Å². The van der Waals surface area contributed by atoms with E-state index in [9.17, 15) is 4.79 Å². The summed E-state index contributed by atoms with van der Waals surface area (Å²) in [5, 5.41) is 3.08. The lowest BCUT2D eigenvalue weighted by atomic mass is 9.70. The van der Waals surface area contributed by atoms with E-state index in [1.165, 1.54) is 0 Å². The number of carbonyl (C=O) groups is 1. The van der Waals surface area contributed by atoms with Gasteiger partial charge in [-0.15, -0.1) is 0 Å².